The normalized spacial score (nSPS) is 14.0. The number of hydrogen-bond donors (Lipinski definition) is 0. The van der Waals surface area contributed by atoms with E-state index in [1.165, 1.54) is 32.3 Å². The smallest absolute Gasteiger partial charge is 0.214 e. The molecule has 0 unspecified atom stereocenters. The van der Waals surface area contributed by atoms with Crippen molar-refractivity contribution in [1.82, 2.24) is 0 Å². The van der Waals surface area contributed by atoms with Gasteiger partial charge in [-0.2, -0.15) is 0 Å². The van der Waals surface area contributed by atoms with Crippen molar-refractivity contribution in [1.29, 1.82) is 0 Å². The lowest BCUT2D eigenvalue weighted by Crippen LogP contribution is -1.98. The number of fused-ring (bicyclic) bond motifs is 3. The van der Waals surface area contributed by atoms with Gasteiger partial charge >= 0.3 is 0 Å². The Kier molecular flexibility index (Phi) is 0.908. The Morgan fingerprint density at radius 3 is 2.72 bits per heavy atom. The molecule has 82 valence electrons. The van der Waals surface area contributed by atoms with Gasteiger partial charge in [0.25, 0.3) is 0 Å². The zero-order chi connectivity index (χ0) is 11.4. The van der Waals surface area contributed by atoms with Gasteiger partial charge in [0, 0.05) is 10.8 Å². The fraction of sp³-hybridized carbons (Fsp3) is 0. The second-order valence-electron chi connectivity index (χ2n) is 5.01. The maximum absolute atomic E-state index is 5.74. The highest BCUT2D eigenvalue weighted by molar-refractivity contribution is 6.33. The summed E-state index contributed by atoms with van der Waals surface area (Å²) in [5.74, 6) is 1.92. The highest BCUT2D eigenvalue weighted by Crippen LogP contribution is 2.58. The van der Waals surface area contributed by atoms with Crippen LogP contribution in [0.25, 0.3) is 43.5 Å². The number of benzene rings is 4. The van der Waals surface area contributed by atoms with E-state index in [1.807, 2.05) is 0 Å². The van der Waals surface area contributed by atoms with Crippen LogP contribution in [0.1, 0.15) is 0 Å². The third-order valence-electron chi connectivity index (χ3n) is 4.12. The predicted molar refractivity (Wildman–Crippen MR) is 71.2 cm³/mol. The van der Waals surface area contributed by atoms with Crippen molar-refractivity contribution in [3.63, 3.8) is 0 Å². The largest absolute Gasteiger partial charge is 0.452 e. The van der Waals surface area contributed by atoms with E-state index in [1.54, 1.807) is 0 Å². The Morgan fingerprint density at radius 2 is 1.72 bits per heavy atom. The molecule has 0 radical (unpaired) electrons. The first-order valence-electron chi connectivity index (χ1n) is 6.05. The van der Waals surface area contributed by atoms with Crippen LogP contribution in [0.5, 0.6) is 11.5 Å². The molecule has 2 heterocycles. The zero-order valence-corrected chi connectivity index (χ0v) is 9.28. The Bertz CT molecular complexity index is 1080. The molecule has 0 amide bonds. The molecule has 1 aliphatic heterocycles. The minimum atomic E-state index is 0.936. The zero-order valence-electron chi connectivity index (χ0n) is 9.28. The second kappa shape index (κ2) is 2.10. The molecule has 6 rings (SSSR count). The van der Waals surface area contributed by atoms with Crippen LogP contribution < -0.4 is 4.74 Å². The molecular weight excluding hydrogens is 224 g/mol. The van der Waals surface area contributed by atoms with Gasteiger partial charge in [0.1, 0.15) is 5.75 Å². The van der Waals surface area contributed by atoms with Gasteiger partial charge in [-0.3, -0.25) is 0 Å². The van der Waals surface area contributed by atoms with Gasteiger partial charge < -0.3 is 9.15 Å². The Morgan fingerprint density at radius 1 is 0.778 bits per heavy atom. The van der Waals surface area contributed by atoms with Gasteiger partial charge in [-0.15, -0.1) is 0 Å². The fourth-order valence-corrected chi connectivity index (χ4v) is 3.30. The maximum Gasteiger partial charge on any atom is 0.214 e. The van der Waals surface area contributed by atoms with Crippen molar-refractivity contribution in [3.8, 4) is 11.5 Å². The van der Waals surface area contributed by atoms with Crippen molar-refractivity contribution in [2.75, 3.05) is 0 Å². The predicted octanol–water partition coefficient (Wildman–Crippen LogP) is 4.87. The number of hydrogen-bond acceptors (Lipinski definition) is 2. The summed E-state index contributed by atoms with van der Waals surface area (Å²) in [6.45, 7) is 0. The van der Waals surface area contributed by atoms with E-state index in [2.05, 4.69) is 36.4 Å². The van der Waals surface area contributed by atoms with Crippen molar-refractivity contribution in [3.05, 3.63) is 36.4 Å². The van der Waals surface area contributed by atoms with Gasteiger partial charge in [0.05, 0.1) is 5.39 Å². The SMILES string of the molecule is c1cc2ccc3c4oc4c4c5c(cc(c1)c2c53)O4. The Hall–Kier alpha value is -2.48. The van der Waals surface area contributed by atoms with Crippen molar-refractivity contribution in [2.45, 2.75) is 0 Å². The van der Waals surface area contributed by atoms with Gasteiger partial charge in [-0.05, 0) is 28.3 Å². The minimum absolute atomic E-state index is 0.936. The molecule has 0 spiro atoms. The molecule has 18 heavy (non-hydrogen) atoms. The number of ether oxygens (including phenoxy) is 1. The molecule has 2 heteroatoms. The molecule has 0 N–H and O–H groups in total. The second-order valence-corrected chi connectivity index (χ2v) is 5.01. The van der Waals surface area contributed by atoms with Gasteiger partial charge in [-0.25, -0.2) is 0 Å². The molecule has 1 aromatic heterocycles. The summed E-state index contributed by atoms with van der Waals surface area (Å²) in [6, 6.07) is 12.9. The van der Waals surface area contributed by atoms with Crippen LogP contribution in [0.3, 0.4) is 0 Å². The van der Waals surface area contributed by atoms with E-state index in [9.17, 15) is 0 Å². The topological polar surface area (TPSA) is 22.4 Å². The number of rotatable bonds is 0. The summed E-state index contributed by atoms with van der Waals surface area (Å²) >= 11 is 0. The molecule has 0 saturated heterocycles. The first-order valence-corrected chi connectivity index (χ1v) is 6.05. The van der Waals surface area contributed by atoms with Gasteiger partial charge in [-0.1, -0.05) is 24.3 Å². The molecule has 0 saturated carbocycles. The maximum atomic E-state index is 5.74. The molecule has 0 fully saturated rings. The molecule has 1 aliphatic rings. The van der Waals surface area contributed by atoms with E-state index < -0.39 is 0 Å². The summed E-state index contributed by atoms with van der Waals surface area (Å²) in [7, 11) is 0. The first kappa shape index (κ1) is 7.77. The third kappa shape index (κ3) is 0.619. The quantitative estimate of drug-likeness (QED) is 0.347. The van der Waals surface area contributed by atoms with Crippen LogP contribution in [-0.4, -0.2) is 0 Å². The van der Waals surface area contributed by atoms with E-state index >= 15 is 0 Å². The van der Waals surface area contributed by atoms with E-state index in [-0.39, 0.29) is 0 Å². The molecule has 0 atom stereocenters. The van der Waals surface area contributed by atoms with Crippen molar-refractivity contribution in [2.24, 2.45) is 0 Å². The highest BCUT2D eigenvalue weighted by Gasteiger charge is 2.32. The molecule has 4 aromatic carbocycles. The van der Waals surface area contributed by atoms with Crippen LogP contribution >= 0.6 is 0 Å². The minimum Gasteiger partial charge on any atom is -0.452 e. The monoisotopic (exact) mass is 230 g/mol. The fourth-order valence-electron chi connectivity index (χ4n) is 3.30. The van der Waals surface area contributed by atoms with E-state index in [0.29, 0.717) is 0 Å². The standard InChI is InChI=1S/C16H6O2/c1-2-7-4-5-9-12-11(7)8(3-1)6-10-13(12)15(17-10)16-14(9)18-16/h1-6H. The molecule has 5 aromatic rings. The van der Waals surface area contributed by atoms with Crippen LogP contribution in [0.2, 0.25) is 0 Å². The van der Waals surface area contributed by atoms with Crippen LogP contribution in [0.15, 0.2) is 40.8 Å². The van der Waals surface area contributed by atoms with E-state index in [0.717, 1.165) is 22.7 Å². The third-order valence-corrected chi connectivity index (χ3v) is 4.12. The Labute approximate surface area is 101 Å². The molecule has 0 bridgehead atoms. The first-order chi connectivity index (χ1) is 8.92. The highest BCUT2D eigenvalue weighted by atomic mass is 16.5. The summed E-state index contributed by atoms with van der Waals surface area (Å²) in [5.41, 5.74) is 1.94. The van der Waals surface area contributed by atoms with Crippen LogP contribution in [0.4, 0.5) is 0 Å². The van der Waals surface area contributed by atoms with Gasteiger partial charge in [0.15, 0.2) is 11.3 Å². The summed E-state index contributed by atoms with van der Waals surface area (Å²) in [5, 5.41) is 7.62. The molecule has 2 nitrogen and oxygen atoms in total. The summed E-state index contributed by atoms with van der Waals surface area (Å²) < 4.78 is 11.3. The average molecular weight is 230 g/mol. The van der Waals surface area contributed by atoms with Crippen molar-refractivity contribution >= 4 is 43.5 Å². The average Bonchev–Trinajstić information content (AvgIpc) is 3.13. The lowest BCUT2D eigenvalue weighted by atomic mass is 9.92. The van der Waals surface area contributed by atoms with Crippen molar-refractivity contribution < 1.29 is 9.15 Å². The van der Waals surface area contributed by atoms with Crippen LogP contribution in [0, 0.1) is 0 Å². The summed E-state index contributed by atoms with van der Waals surface area (Å²) in [4.78, 5) is 0. The lowest BCUT2D eigenvalue weighted by molar-refractivity contribution is 0.464. The van der Waals surface area contributed by atoms with Crippen LogP contribution in [-0.2, 0) is 0 Å². The Balaban J connectivity index is 2.16. The lowest BCUT2D eigenvalue weighted by Gasteiger charge is -2.21. The molecule has 0 aliphatic carbocycles. The molecular formula is C16H6O2. The summed E-state index contributed by atoms with van der Waals surface area (Å²) in [6.07, 6.45) is 0. The van der Waals surface area contributed by atoms with E-state index in [4.69, 9.17) is 9.15 Å². The van der Waals surface area contributed by atoms with Gasteiger partial charge in [0.2, 0.25) is 5.58 Å².